The number of amides is 5. The average Bonchev–Trinajstić information content (AvgIpc) is 0.843. The van der Waals surface area contributed by atoms with Gasteiger partial charge in [0.25, 0.3) is 5.79 Å². The van der Waals surface area contributed by atoms with E-state index in [0.29, 0.717) is 0 Å². The molecule has 0 aromatic rings. The van der Waals surface area contributed by atoms with Gasteiger partial charge in [-0.15, -0.1) is 0 Å². The number of aliphatic hydroxyl groups excluding tert-OH is 16. The van der Waals surface area contributed by atoms with Gasteiger partial charge in [0, 0.05) is 41.0 Å². The summed E-state index contributed by atoms with van der Waals surface area (Å²) in [4.78, 5) is 75.1. The van der Waals surface area contributed by atoms with Crippen LogP contribution in [-0.4, -0.2) is 351 Å². The standard InChI is InChI=1S/C49H81N5O34/c1-13(59)50-25-18(64)6-49(48(76)77,88-41(25)30(66)19(65)7-55)79-12-24-33(69)40(29(43(75)80-24)54-17(5)63)86-46-28(53-16(4)62)37(73)39(22(10-58)83-46)85-47-38(74)42(87-45-27(52-15(3)61)36(72)32(68)21(9-57)82-45)34(70)23(84-47)11-78-44-26(51-14(2)60)35(71)31(67)20(8-56)81-44/h18-47,55-58,64-75H,6-12H2,1-5H3,(H,50,59)(H,51,60)(H,52,61)(H,53,62)(H,54,63)(H,76,77)/t18-,19+,20+,21+,22+,23+,24+,25+,26+,27+,28+,29+,30+,31+,32+,33-,34-,35+,36+,37+,38+,39+,40+,41+,42-,43-,44+,45-,46-,47-,49+/m0/s1. The fourth-order valence-corrected chi connectivity index (χ4v) is 11.0. The van der Waals surface area contributed by atoms with Gasteiger partial charge in [0.1, 0.15) is 140 Å². The summed E-state index contributed by atoms with van der Waals surface area (Å²) in [5, 5.41) is 197. The lowest BCUT2D eigenvalue weighted by Gasteiger charge is -2.51. The number of carboxylic acid groups (broad SMARTS) is 1. The minimum Gasteiger partial charge on any atom is -0.477 e. The molecule has 0 bridgehead atoms. The summed E-state index contributed by atoms with van der Waals surface area (Å²) in [5.41, 5.74) is 0. The predicted octanol–water partition coefficient (Wildman–Crippen LogP) is -14.2. The fraction of sp³-hybridized carbons (Fsp3) is 0.878. The van der Waals surface area contributed by atoms with Crippen LogP contribution in [0.25, 0.3) is 0 Å². The van der Waals surface area contributed by atoms with E-state index in [9.17, 15) is 116 Å². The molecular weight excluding hydrogens is 1200 g/mol. The number of hydrogen-bond acceptors (Lipinski definition) is 33. The van der Waals surface area contributed by atoms with Crippen LogP contribution in [0, 0.1) is 0 Å². The van der Waals surface area contributed by atoms with Gasteiger partial charge in [-0.1, -0.05) is 0 Å². The molecule has 0 aliphatic carbocycles. The molecule has 0 spiro atoms. The maximum Gasteiger partial charge on any atom is 0.364 e. The molecule has 0 radical (unpaired) electrons. The zero-order valence-corrected chi connectivity index (χ0v) is 47.8. The van der Waals surface area contributed by atoms with Gasteiger partial charge in [-0.05, 0) is 0 Å². The van der Waals surface area contributed by atoms with E-state index < -0.39 is 271 Å². The fourth-order valence-electron chi connectivity index (χ4n) is 11.0. The highest BCUT2D eigenvalue weighted by Crippen LogP contribution is 2.38. The lowest BCUT2D eigenvalue weighted by atomic mass is 9.88. The van der Waals surface area contributed by atoms with Crippen molar-refractivity contribution in [2.75, 3.05) is 39.6 Å². The van der Waals surface area contributed by atoms with Crippen molar-refractivity contribution in [1.29, 1.82) is 0 Å². The molecule has 0 saturated carbocycles. The Morgan fingerprint density at radius 3 is 1.39 bits per heavy atom. The highest BCUT2D eigenvalue weighted by Gasteiger charge is 2.60. The van der Waals surface area contributed by atoms with Gasteiger partial charge in [-0.2, -0.15) is 0 Å². The smallest absolute Gasteiger partial charge is 0.364 e. The van der Waals surface area contributed by atoms with Crippen LogP contribution in [0.1, 0.15) is 41.0 Å². The maximum absolute atomic E-state index is 12.9. The lowest BCUT2D eigenvalue weighted by molar-refractivity contribution is -0.378. The number of carbonyl (C=O) groups excluding carboxylic acids is 5. The monoisotopic (exact) mass is 1280 g/mol. The Kier molecular flexibility index (Phi) is 26.0. The molecule has 88 heavy (non-hydrogen) atoms. The summed E-state index contributed by atoms with van der Waals surface area (Å²) in [6.45, 7) is -1.22. The normalized spacial score (nSPS) is 43.7. The van der Waals surface area contributed by atoms with Crippen LogP contribution in [-0.2, 0) is 80.9 Å². The molecule has 6 aliphatic heterocycles. The number of ether oxygens (including phenoxy) is 11. The topological polar surface area (TPSA) is 608 Å². The number of aliphatic carboxylic acids is 1. The van der Waals surface area contributed by atoms with Crippen molar-refractivity contribution in [3.8, 4) is 0 Å². The van der Waals surface area contributed by atoms with Gasteiger partial charge < -0.3 is 166 Å². The summed E-state index contributed by atoms with van der Waals surface area (Å²) < 4.78 is 64.2. The van der Waals surface area contributed by atoms with Crippen molar-refractivity contribution in [3.05, 3.63) is 0 Å². The highest BCUT2D eigenvalue weighted by molar-refractivity contribution is 5.77. The molecule has 6 rings (SSSR count). The minimum atomic E-state index is -3.02. The van der Waals surface area contributed by atoms with Crippen LogP contribution in [0.15, 0.2) is 0 Å². The van der Waals surface area contributed by atoms with E-state index >= 15 is 0 Å². The van der Waals surface area contributed by atoms with E-state index in [1.54, 1.807) is 0 Å². The van der Waals surface area contributed by atoms with E-state index in [1.165, 1.54) is 0 Å². The molecule has 5 amide bonds. The second-order valence-electron chi connectivity index (χ2n) is 21.9. The Hall–Kier alpha value is -4.26. The largest absolute Gasteiger partial charge is 0.477 e. The third kappa shape index (κ3) is 16.7. The number of nitrogens with one attached hydrogen (secondary N) is 5. The van der Waals surface area contributed by atoms with Crippen molar-refractivity contribution < 1.29 is 168 Å². The molecule has 6 saturated heterocycles. The third-order valence-corrected chi connectivity index (χ3v) is 15.4. The molecule has 0 unspecified atom stereocenters. The molecule has 0 aromatic carbocycles. The first-order chi connectivity index (χ1) is 41.3. The third-order valence-electron chi connectivity index (χ3n) is 15.4. The van der Waals surface area contributed by atoms with Crippen LogP contribution in [0.3, 0.4) is 0 Å². The van der Waals surface area contributed by atoms with Crippen LogP contribution in [0.4, 0.5) is 0 Å². The first kappa shape index (κ1) is 72.8. The van der Waals surface area contributed by atoms with Crippen molar-refractivity contribution in [1.82, 2.24) is 26.6 Å². The van der Waals surface area contributed by atoms with E-state index in [1.807, 2.05) is 0 Å². The quantitative estimate of drug-likeness (QED) is 0.0427. The summed E-state index contributed by atoms with van der Waals surface area (Å²) in [6.07, 6.45) is -50.8. The lowest BCUT2D eigenvalue weighted by Crippen LogP contribution is -2.71. The summed E-state index contributed by atoms with van der Waals surface area (Å²) in [5.74, 6) is -9.22. The molecule has 22 N–H and O–H groups in total. The maximum atomic E-state index is 12.9. The Labute approximate surface area is 499 Å². The van der Waals surface area contributed by atoms with E-state index in [2.05, 4.69) is 26.6 Å². The number of carbonyl (C=O) groups is 6. The molecule has 6 aliphatic rings. The SMILES string of the molecule is CC(=O)N[C@@H]1[C@@H](O[C@@H]2O[C@H](CO)[C@@H](O[C@@H]3O[C@H](CO[C@@H]4O[C@H](CO)[C@@H](O)[C@H](O)[C@H]4NC(C)=O)[C@H](O)[C@H](O[C@@H]4O[C@H](CO)[C@@H](O)[C@H](O)[C@H]4NC(C)=O)[C@H]3O)[C@H](O)[C@H]2NC(C)=O)[C@@H](O)[C@@H](CO[C@]2(C(=O)O)C[C@H](O)[C@@H](NC(C)=O)[C@H]([C@H](O)[C@H](O)CO)O2)O[C@@H]1O. The molecule has 506 valence electrons. The number of hydrogen-bond donors (Lipinski definition) is 22. The average molecular weight is 1280 g/mol. The van der Waals surface area contributed by atoms with Gasteiger partial charge in [0.2, 0.25) is 29.5 Å². The molecular formula is C49H81N5O34. The van der Waals surface area contributed by atoms with Crippen molar-refractivity contribution in [2.45, 2.75) is 231 Å². The van der Waals surface area contributed by atoms with E-state index in [-0.39, 0.29) is 0 Å². The molecule has 39 heteroatoms. The van der Waals surface area contributed by atoms with Crippen LogP contribution >= 0.6 is 0 Å². The Morgan fingerprint density at radius 2 is 0.886 bits per heavy atom. The molecule has 0 aromatic heterocycles. The minimum absolute atomic E-state index is 0.760. The van der Waals surface area contributed by atoms with Gasteiger partial charge in [0.15, 0.2) is 31.5 Å². The molecule has 6 heterocycles. The van der Waals surface area contributed by atoms with Crippen molar-refractivity contribution in [3.63, 3.8) is 0 Å². The number of aliphatic hydroxyl groups is 16. The Morgan fingerprint density at radius 1 is 0.466 bits per heavy atom. The first-order valence-corrected chi connectivity index (χ1v) is 27.7. The van der Waals surface area contributed by atoms with Crippen molar-refractivity contribution >= 4 is 35.5 Å². The highest BCUT2D eigenvalue weighted by atomic mass is 16.8. The van der Waals surface area contributed by atoms with Crippen molar-refractivity contribution in [2.24, 2.45) is 0 Å². The summed E-state index contributed by atoms with van der Waals surface area (Å²) in [6, 6.07) is -8.65. The summed E-state index contributed by atoms with van der Waals surface area (Å²) >= 11 is 0. The number of carboxylic acids is 1. The second kappa shape index (κ2) is 31.4. The zero-order chi connectivity index (χ0) is 65.5. The molecule has 39 nitrogen and oxygen atoms in total. The second-order valence-corrected chi connectivity index (χ2v) is 21.9. The number of rotatable bonds is 24. The van der Waals surface area contributed by atoms with Crippen LogP contribution in [0.5, 0.6) is 0 Å². The zero-order valence-electron chi connectivity index (χ0n) is 47.8. The Balaban J connectivity index is 1.31. The van der Waals surface area contributed by atoms with Crippen LogP contribution < -0.4 is 26.6 Å². The summed E-state index contributed by atoms with van der Waals surface area (Å²) in [7, 11) is 0. The Bertz CT molecular complexity index is 2340. The van der Waals surface area contributed by atoms with Gasteiger partial charge in [0.05, 0.1) is 51.8 Å². The van der Waals surface area contributed by atoms with Gasteiger partial charge in [-0.3, -0.25) is 24.0 Å². The van der Waals surface area contributed by atoms with Crippen LogP contribution in [0.2, 0.25) is 0 Å². The molecule has 6 fully saturated rings. The van der Waals surface area contributed by atoms with Gasteiger partial charge in [-0.25, -0.2) is 4.79 Å². The van der Waals surface area contributed by atoms with E-state index in [0.717, 1.165) is 34.6 Å². The van der Waals surface area contributed by atoms with E-state index in [4.69, 9.17) is 52.1 Å². The van der Waals surface area contributed by atoms with Gasteiger partial charge >= 0.3 is 5.97 Å². The first-order valence-electron chi connectivity index (χ1n) is 27.7. The predicted molar refractivity (Wildman–Crippen MR) is 274 cm³/mol. The molecule has 31 atom stereocenters.